The Balaban J connectivity index is 2.27. The number of amides is 1. The first kappa shape index (κ1) is 13.6. The Morgan fingerprint density at radius 2 is 2.00 bits per heavy atom. The first-order valence-electron chi connectivity index (χ1n) is 5.46. The molecule has 17 heavy (non-hydrogen) atoms. The van der Waals surface area contributed by atoms with E-state index in [0.717, 1.165) is 5.69 Å². The molecule has 0 bridgehead atoms. The van der Waals surface area contributed by atoms with Gasteiger partial charge in [-0.05, 0) is 19.1 Å². The molecule has 0 aliphatic carbocycles. The maximum Gasteiger partial charge on any atom is 0.243 e. The molecule has 5 nitrogen and oxygen atoms in total. The van der Waals surface area contributed by atoms with E-state index in [0.29, 0.717) is 13.2 Å². The number of ether oxygens (including phenoxy) is 1. The van der Waals surface area contributed by atoms with Gasteiger partial charge in [-0.2, -0.15) is 5.48 Å². The number of rotatable bonds is 7. The Bertz CT molecular complexity index is 330. The van der Waals surface area contributed by atoms with Gasteiger partial charge in [-0.1, -0.05) is 18.2 Å². The van der Waals surface area contributed by atoms with Crippen LogP contribution in [0.2, 0.25) is 0 Å². The first-order chi connectivity index (χ1) is 8.24. The van der Waals surface area contributed by atoms with Gasteiger partial charge in [-0.25, -0.2) is 0 Å². The van der Waals surface area contributed by atoms with Crippen LogP contribution in [0.5, 0.6) is 0 Å². The van der Waals surface area contributed by atoms with Crippen molar-refractivity contribution >= 4 is 11.6 Å². The van der Waals surface area contributed by atoms with Crippen molar-refractivity contribution in [1.82, 2.24) is 5.48 Å². The molecular weight excluding hydrogens is 220 g/mol. The largest absolute Gasteiger partial charge is 0.382 e. The summed E-state index contributed by atoms with van der Waals surface area (Å²) in [6.45, 7) is 2.62. The van der Waals surface area contributed by atoms with E-state index in [4.69, 9.17) is 9.57 Å². The molecule has 0 spiro atoms. The topological polar surface area (TPSA) is 59.6 Å². The molecule has 1 unspecified atom stereocenters. The molecule has 0 heterocycles. The summed E-state index contributed by atoms with van der Waals surface area (Å²) < 4.78 is 4.81. The van der Waals surface area contributed by atoms with E-state index < -0.39 is 6.04 Å². The maximum atomic E-state index is 11.7. The Labute approximate surface area is 101 Å². The van der Waals surface area contributed by atoms with Crippen molar-refractivity contribution in [3.05, 3.63) is 30.3 Å². The van der Waals surface area contributed by atoms with Crippen LogP contribution in [0.4, 0.5) is 5.69 Å². The van der Waals surface area contributed by atoms with Gasteiger partial charge in [0.05, 0.1) is 13.2 Å². The zero-order valence-electron chi connectivity index (χ0n) is 10.1. The number of benzene rings is 1. The molecule has 1 atom stereocenters. The summed E-state index contributed by atoms with van der Waals surface area (Å²) in [5.74, 6) is -0.145. The summed E-state index contributed by atoms with van der Waals surface area (Å²) in [4.78, 5) is 16.8. The van der Waals surface area contributed by atoms with Gasteiger partial charge in [-0.15, -0.1) is 0 Å². The van der Waals surface area contributed by atoms with Crippen LogP contribution in [-0.2, 0) is 14.4 Å². The van der Waals surface area contributed by atoms with Crippen LogP contribution in [0, 0.1) is 0 Å². The highest BCUT2D eigenvalue weighted by Crippen LogP contribution is 2.05. The molecule has 0 aromatic heterocycles. The third kappa shape index (κ3) is 5.44. The van der Waals surface area contributed by atoms with Crippen molar-refractivity contribution in [1.29, 1.82) is 0 Å². The van der Waals surface area contributed by atoms with Gasteiger partial charge in [0.25, 0.3) is 0 Å². The predicted molar refractivity (Wildman–Crippen MR) is 65.5 cm³/mol. The highest BCUT2D eigenvalue weighted by Gasteiger charge is 2.12. The number of hydrogen-bond acceptors (Lipinski definition) is 4. The summed E-state index contributed by atoms with van der Waals surface area (Å²) in [6.07, 6.45) is 0. The summed E-state index contributed by atoms with van der Waals surface area (Å²) in [5.41, 5.74) is 3.41. The average molecular weight is 238 g/mol. The fourth-order valence-corrected chi connectivity index (χ4v) is 1.13. The second kappa shape index (κ2) is 7.78. The van der Waals surface area contributed by atoms with E-state index >= 15 is 0 Å². The van der Waals surface area contributed by atoms with E-state index in [1.165, 1.54) is 0 Å². The summed E-state index contributed by atoms with van der Waals surface area (Å²) in [5, 5.41) is 2.77. The minimum absolute atomic E-state index is 0.145. The van der Waals surface area contributed by atoms with E-state index in [9.17, 15) is 4.79 Å². The highest BCUT2D eigenvalue weighted by molar-refractivity contribution is 5.94. The molecule has 0 aliphatic rings. The lowest BCUT2D eigenvalue weighted by Crippen LogP contribution is -2.38. The van der Waals surface area contributed by atoms with E-state index in [1.54, 1.807) is 14.0 Å². The first-order valence-corrected chi connectivity index (χ1v) is 5.46. The van der Waals surface area contributed by atoms with Crippen LogP contribution in [0.3, 0.4) is 0 Å². The Morgan fingerprint density at radius 1 is 1.29 bits per heavy atom. The zero-order valence-corrected chi connectivity index (χ0v) is 10.1. The molecule has 2 N–H and O–H groups in total. The van der Waals surface area contributed by atoms with Gasteiger partial charge in [0.15, 0.2) is 0 Å². The third-order valence-corrected chi connectivity index (χ3v) is 2.08. The lowest BCUT2D eigenvalue weighted by molar-refractivity contribution is -0.122. The fourth-order valence-electron chi connectivity index (χ4n) is 1.13. The van der Waals surface area contributed by atoms with Crippen LogP contribution in [-0.4, -0.2) is 32.3 Å². The van der Waals surface area contributed by atoms with Crippen molar-refractivity contribution in [2.75, 3.05) is 25.6 Å². The molecule has 0 saturated carbocycles. The zero-order chi connectivity index (χ0) is 12.5. The number of carbonyl (C=O) groups excluding carboxylic acids is 1. The molecule has 1 rings (SSSR count). The van der Waals surface area contributed by atoms with Gasteiger partial charge in [0.1, 0.15) is 6.04 Å². The molecule has 0 radical (unpaired) electrons. The number of nitrogens with one attached hydrogen (secondary N) is 2. The SMILES string of the molecule is COCCONC(C)C(=O)Nc1ccccc1. The standard InChI is InChI=1S/C12H18N2O3/c1-10(14-17-9-8-16-2)12(15)13-11-6-4-3-5-7-11/h3-7,10,14H,8-9H2,1-2H3,(H,13,15). The third-order valence-electron chi connectivity index (χ3n) is 2.08. The molecule has 0 fully saturated rings. The quantitative estimate of drug-likeness (QED) is 0.553. The molecule has 0 saturated heterocycles. The molecule has 1 amide bonds. The summed E-state index contributed by atoms with van der Waals surface area (Å²) in [7, 11) is 1.59. The number of hydroxylamine groups is 1. The molecule has 1 aromatic rings. The van der Waals surface area contributed by atoms with Crippen LogP contribution in [0.1, 0.15) is 6.92 Å². The van der Waals surface area contributed by atoms with Gasteiger partial charge in [-0.3, -0.25) is 9.63 Å². The number of hydrogen-bond donors (Lipinski definition) is 2. The van der Waals surface area contributed by atoms with E-state index in [2.05, 4.69) is 10.8 Å². The molecule has 1 aromatic carbocycles. The van der Waals surface area contributed by atoms with Crippen molar-refractivity contribution < 1.29 is 14.4 Å². The fraction of sp³-hybridized carbons (Fsp3) is 0.417. The van der Waals surface area contributed by atoms with Gasteiger partial charge in [0, 0.05) is 12.8 Å². The Hall–Kier alpha value is -1.43. The normalized spacial score (nSPS) is 12.1. The average Bonchev–Trinajstić information content (AvgIpc) is 2.35. The highest BCUT2D eigenvalue weighted by atomic mass is 16.7. The van der Waals surface area contributed by atoms with Gasteiger partial charge < -0.3 is 10.1 Å². The lowest BCUT2D eigenvalue weighted by Gasteiger charge is -2.13. The second-order valence-electron chi connectivity index (χ2n) is 3.54. The van der Waals surface area contributed by atoms with Gasteiger partial charge in [0.2, 0.25) is 5.91 Å². The number of para-hydroxylation sites is 1. The molecule has 5 heteroatoms. The lowest BCUT2D eigenvalue weighted by atomic mass is 10.3. The van der Waals surface area contributed by atoms with Crippen molar-refractivity contribution in [3.63, 3.8) is 0 Å². The van der Waals surface area contributed by atoms with E-state index in [1.807, 2.05) is 30.3 Å². The number of anilines is 1. The second-order valence-corrected chi connectivity index (χ2v) is 3.54. The van der Waals surface area contributed by atoms with E-state index in [-0.39, 0.29) is 5.91 Å². The van der Waals surface area contributed by atoms with Crippen LogP contribution in [0.15, 0.2) is 30.3 Å². The summed E-state index contributed by atoms with van der Waals surface area (Å²) in [6, 6.07) is 8.86. The van der Waals surface area contributed by atoms with Crippen LogP contribution in [0.25, 0.3) is 0 Å². The minimum Gasteiger partial charge on any atom is -0.382 e. The number of carbonyl (C=O) groups is 1. The minimum atomic E-state index is -0.424. The number of methoxy groups -OCH3 is 1. The van der Waals surface area contributed by atoms with Crippen molar-refractivity contribution in [2.24, 2.45) is 0 Å². The Kier molecular flexibility index (Phi) is 6.24. The van der Waals surface area contributed by atoms with Crippen molar-refractivity contribution in [2.45, 2.75) is 13.0 Å². The van der Waals surface area contributed by atoms with Gasteiger partial charge >= 0.3 is 0 Å². The molecular formula is C12H18N2O3. The van der Waals surface area contributed by atoms with Crippen LogP contribution >= 0.6 is 0 Å². The monoisotopic (exact) mass is 238 g/mol. The predicted octanol–water partition coefficient (Wildman–Crippen LogP) is 1.18. The summed E-state index contributed by atoms with van der Waals surface area (Å²) >= 11 is 0. The molecule has 0 aliphatic heterocycles. The smallest absolute Gasteiger partial charge is 0.243 e. The Morgan fingerprint density at radius 3 is 2.65 bits per heavy atom. The molecule has 94 valence electrons. The van der Waals surface area contributed by atoms with Crippen molar-refractivity contribution in [3.8, 4) is 0 Å². The van der Waals surface area contributed by atoms with Crippen LogP contribution < -0.4 is 10.8 Å². The maximum absolute atomic E-state index is 11.7.